The number of aryl methyl sites for hydroxylation is 2. The number of hydrogen-bond acceptors (Lipinski definition) is 4. The van der Waals surface area contributed by atoms with E-state index in [-0.39, 0.29) is 6.04 Å². The highest BCUT2D eigenvalue weighted by atomic mass is 15.4. The van der Waals surface area contributed by atoms with Crippen LogP contribution in [-0.4, -0.2) is 26.5 Å². The van der Waals surface area contributed by atoms with E-state index >= 15 is 0 Å². The molecule has 18 heavy (non-hydrogen) atoms. The summed E-state index contributed by atoms with van der Waals surface area (Å²) in [7, 11) is 1.91. The molecule has 0 spiro atoms. The van der Waals surface area contributed by atoms with Crippen LogP contribution in [0.1, 0.15) is 36.3 Å². The van der Waals surface area contributed by atoms with Crippen LogP contribution in [0.3, 0.4) is 0 Å². The summed E-state index contributed by atoms with van der Waals surface area (Å²) in [5, 5.41) is 11.5. The van der Waals surface area contributed by atoms with E-state index in [0.717, 1.165) is 24.4 Å². The molecule has 0 radical (unpaired) electrons. The second-order valence-electron chi connectivity index (χ2n) is 4.40. The van der Waals surface area contributed by atoms with E-state index in [1.165, 1.54) is 5.56 Å². The average molecular weight is 245 g/mol. The van der Waals surface area contributed by atoms with E-state index in [0.29, 0.717) is 0 Å². The van der Waals surface area contributed by atoms with Gasteiger partial charge in [0.15, 0.2) is 0 Å². The molecule has 2 heterocycles. The Labute approximate surface area is 107 Å². The van der Waals surface area contributed by atoms with Gasteiger partial charge in [0, 0.05) is 18.9 Å². The lowest BCUT2D eigenvalue weighted by atomic mass is 10.0. The first kappa shape index (κ1) is 12.7. The van der Waals surface area contributed by atoms with Gasteiger partial charge in [-0.1, -0.05) is 12.1 Å². The van der Waals surface area contributed by atoms with Crippen LogP contribution in [0.4, 0.5) is 0 Å². The minimum Gasteiger partial charge on any atom is -0.305 e. The monoisotopic (exact) mass is 245 g/mol. The summed E-state index contributed by atoms with van der Waals surface area (Å²) in [5.41, 5.74) is 3.28. The molecular weight excluding hydrogens is 226 g/mol. The normalized spacial score (nSPS) is 12.6. The van der Waals surface area contributed by atoms with Crippen molar-refractivity contribution >= 4 is 0 Å². The first-order valence-corrected chi connectivity index (χ1v) is 6.23. The van der Waals surface area contributed by atoms with Crippen molar-refractivity contribution in [1.82, 2.24) is 25.3 Å². The van der Waals surface area contributed by atoms with Gasteiger partial charge >= 0.3 is 0 Å². The zero-order valence-electron chi connectivity index (χ0n) is 11.1. The maximum atomic E-state index is 4.24. The summed E-state index contributed by atoms with van der Waals surface area (Å²) in [5.74, 6) is 0. The lowest BCUT2D eigenvalue weighted by Gasteiger charge is -2.18. The van der Waals surface area contributed by atoms with E-state index in [4.69, 9.17) is 0 Å². The predicted molar refractivity (Wildman–Crippen MR) is 70.1 cm³/mol. The van der Waals surface area contributed by atoms with E-state index in [1.54, 1.807) is 0 Å². The maximum absolute atomic E-state index is 4.24. The Hall–Kier alpha value is -1.75. The molecule has 5 nitrogen and oxygen atoms in total. The van der Waals surface area contributed by atoms with E-state index in [2.05, 4.69) is 33.6 Å². The highest BCUT2D eigenvalue weighted by molar-refractivity contribution is 5.26. The first-order chi connectivity index (χ1) is 8.72. The van der Waals surface area contributed by atoms with Gasteiger partial charge in [-0.25, -0.2) is 0 Å². The molecule has 0 saturated heterocycles. The molecule has 96 valence electrons. The molecule has 0 saturated carbocycles. The van der Waals surface area contributed by atoms with Crippen molar-refractivity contribution in [1.29, 1.82) is 0 Å². The van der Waals surface area contributed by atoms with Crippen LogP contribution in [0.2, 0.25) is 0 Å². The third-order valence-corrected chi connectivity index (χ3v) is 2.90. The van der Waals surface area contributed by atoms with Crippen molar-refractivity contribution in [3.63, 3.8) is 0 Å². The number of pyridine rings is 1. The second-order valence-corrected chi connectivity index (χ2v) is 4.40. The fourth-order valence-corrected chi connectivity index (χ4v) is 1.99. The molecule has 5 heteroatoms. The fraction of sp³-hybridized carbons (Fsp3) is 0.462. The molecule has 0 bridgehead atoms. The lowest BCUT2D eigenvalue weighted by molar-refractivity contribution is 0.550. The molecule has 1 atom stereocenters. The molecule has 1 unspecified atom stereocenters. The van der Waals surface area contributed by atoms with Gasteiger partial charge in [-0.05, 0) is 37.6 Å². The van der Waals surface area contributed by atoms with E-state index < -0.39 is 0 Å². The number of hydrogen-bond donors (Lipinski definition) is 1. The van der Waals surface area contributed by atoms with Gasteiger partial charge in [-0.15, -0.1) is 5.10 Å². The zero-order chi connectivity index (χ0) is 13.0. The molecule has 0 amide bonds. The summed E-state index contributed by atoms with van der Waals surface area (Å²) in [6, 6.07) is 4.25. The minimum absolute atomic E-state index is 0.117. The highest BCUT2D eigenvalue weighted by Gasteiger charge is 2.17. The molecule has 0 aliphatic rings. The Kier molecular flexibility index (Phi) is 4.04. The topological polar surface area (TPSA) is 55.6 Å². The Morgan fingerprint density at radius 2 is 2.28 bits per heavy atom. The fourth-order valence-electron chi connectivity index (χ4n) is 1.99. The lowest BCUT2D eigenvalue weighted by Crippen LogP contribution is -2.25. The minimum atomic E-state index is 0.117. The van der Waals surface area contributed by atoms with Crippen molar-refractivity contribution < 1.29 is 0 Å². The van der Waals surface area contributed by atoms with E-state index in [9.17, 15) is 0 Å². The molecule has 0 aromatic carbocycles. The van der Waals surface area contributed by atoms with Gasteiger partial charge in [0.25, 0.3) is 0 Å². The van der Waals surface area contributed by atoms with Crippen molar-refractivity contribution in [3.8, 4) is 0 Å². The Bertz CT molecular complexity index is 506. The summed E-state index contributed by atoms with van der Waals surface area (Å²) < 4.78 is 1.81. The first-order valence-electron chi connectivity index (χ1n) is 6.23. The van der Waals surface area contributed by atoms with Crippen molar-refractivity contribution in [2.24, 2.45) is 7.05 Å². The number of nitrogens with one attached hydrogen (secondary N) is 1. The Balaban J connectivity index is 2.33. The van der Waals surface area contributed by atoms with E-state index in [1.807, 2.05) is 37.1 Å². The van der Waals surface area contributed by atoms with Crippen molar-refractivity contribution in [2.45, 2.75) is 26.3 Å². The Morgan fingerprint density at radius 3 is 2.89 bits per heavy atom. The van der Waals surface area contributed by atoms with Gasteiger partial charge in [0.05, 0.1) is 17.9 Å². The van der Waals surface area contributed by atoms with Crippen LogP contribution in [0, 0.1) is 6.92 Å². The quantitative estimate of drug-likeness (QED) is 0.869. The Morgan fingerprint density at radius 1 is 1.44 bits per heavy atom. The summed E-state index contributed by atoms with van der Waals surface area (Å²) >= 11 is 0. The van der Waals surface area contributed by atoms with Crippen LogP contribution in [0.25, 0.3) is 0 Å². The molecule has 0 aliphatic heterocycles. The third-order valence-electron chi connectivity index (χ3n) is 2.90. The average Bonchev–Trinajstić information content (AvgIpc) is 2.77. The van der Waals surface area contributed by atoms with Crippen molar-refractivity contribution in [3.05, 3.63) is 41.5 Å². The van der Waals surface area contributed by atoms with Crippen LogP contribution in [0.15, 0.2) is 24.5 Å². The van der Waals surface area contributed by atoms with Crippen LogP contribution in [-0.2, 0) is 7.05 Å². The molecule has 2 aromatic heterocycles. The summed E-state index contributed by atoms with van der Waals surface area (Å²) in [6.07, 6.45) is 4.74. The smallest absolute Gasteiger partial charge is 0.0798 e. The molecular formula is C13H19N5. The van der Waals surface area contributed by atoms with Gasteiger partial charge in [0.2, 0.25) is 0 Å². The third kappa shape index (κ3) is 2.73. The largest absolute Gasteiger partial charge is 0.305 e. The zero-order valence-corrected chi connectivity index (χ0v) is 11.1. The summed E-state index contributed by atoms with van der Waals surface area (Å²) in [6.45, 7) is 5.11. The number of aromatic nitrogens is 4. The van der Waals surface area contributed by atoms with Crippen molar-refractivity contribution in [2.75, 3.05) is 6.54 Å². The standard InChI is InChI=1S/C13H19N5/c1-4-6-15-13(12-9-16-17-18(12)3)11-5-7-14-10(2)8-11/h5,7-9,13,15H,4,6H2,1-3H3. The van der Waals surface area contributed by atoms with Gasteiger partial charge in [0.1, 0.15) is 0 Å². The molecule has 0 fully saturated rings. The summed E-state index contributed by atoms with van der Waals surface area (Å²) in [4.78, 5) is 4.24. The van der Waals surface area contributed by atoms with Crippen LogP contribution >= 0.6 is 0 Å². The molecule has 2 rings (SSSR count). The number of rotatable bonds is 5. The molecule has 0 aliphatic carbocycles. The van der Waals surface area contributed by atoms with Crippen LogP contribution < -0.4 is 5.32 Å². The second kappa shape index (κ2) is 5.73. The molecule has 2 aromatic rings. The van der Waals surface area contributed by atoms with Gasteiger partial charge in [-0.2, -0.15) is 0 Å². The van der Waals surface area contributed by atoms with Gasteiger partial charge in [-0.3, -0.25) is 9.67 Å². The van der Waals surface area contributed by atoms with Crippen LogP contribution in [0.5, 0.6) is 0 Å². The predicted octanol–water partition coefficient (Wildman–Crippen LogP) is 1.61. The van der Waals surface area contributed by atoms with Gasteiger partial charge < -0.3 is 5.32 Å². The molecule has 1 N–H and O–H groups in total. The highest BCUT2D eigenvalue weighted by Crippen LogP contribution is 2.20. The number of nitrogens with zero attached hydrogens (tertiary/aromatic N) is 4. The SMILES string of the molecule is CCCNC(c1ccnc(C)c1)c1cnnn1C. The maximum Gasteiger partial charge on any atom is 0.0798 e.